The quantitative estimate of drug-likeness (QED) is 0.686. The van der Waals surface area contributed by atoms with E-state index in [1.807, 2.05) is 19.1 Å². The molecule has 2 N–H and O–H groups in total. The molecule has 20 heavy (non-hydrogen) atoms. The van der Waals surface area contributed by atoms with Gasteiger partial charge in [0, 0.05) is 12.6 Å². The van der Waals surface area contributed by atoms with Gasteiger partial charge in [0.25, 0.3) is 0 Å². The number of ether oxygens (including phenoxy) is 1. The third-order valence-electron chi connectivity index (χ3n) is 2.83. The van der Waals surface area contributed by atoms with Crippen LogP contribution in [0.1, 0.15) is 11.1 Å². The molecule has 0 radical (unpaired) electrons. The standard InChI is InChI=1S/C14H13ClN2O3/c1-9-7-10(8-16)5-6-13(9)20-14-11(15)3-2-4-12(14)17(18)19/h2-7H,8,16H2,1H3. The number of hydrogen-bond acceptors (Lipinski definition) is 4. The molecule has 0 aromatic heterocycles. The van der Waals surface area contributed by atoms with Crippen LogP contribution in [-0.4, -0.2) is 4.92 Å². The number of nitrogens with zero attached hydrogens (tertiary/aromatic N) is 1. The molecule has 0 unspecified atom stereocenters. The maximum atomic E-state index is 11.0. The summed E-state index contributed by atoms with van der Waals surface area (Å²) >= 11 is 5.98. The van der Waals surface area contributed by atoms with Crippen LogP contribution in [0, 0.1) is 17.0 Å². The summed E-state index contributed by atoms with van der Waals surface area (Å²) in [6, 6.07) is 9.82. The maximum absolute atomic E-state index is 11.0. The predicted molar refractivity (Wildman–Crippen MR) is 77.3 cm³/mol. The highest BCUT2D eigenvalue weighted by Crippen LogP contribution is 2.38. The Balaban J connectivity index is 2.42. The molecule has 0 aliphatic heterocycles. The van der Waals surface area contributed by atoms with Crippen LogP contribution in [0.25, 0.3) is 0 Å². The molecule has 0 saturated carbocycles. The molecule has 0 heterocycles. The van der Waals surface area contributed by atoms with E-state index in [2.05, 4.69) is 0 Å². The van der Waals surface area contributed by atoms with E-state index < -0.39 is 4.92 Å². The highest BCUT2D eigenvalue weighted by Gasteiger charge is 2.19. The summed E-state index contributed by atoms with van der Waals surface area (Å²) in [4.78, 5) is 10.5. The average molecular weight is 293 g/mol. The van der Waals surface area contributed by atoms with E-state index in [1.165, 1.54) is 12.1 Å². The van der Waals surface area contributed by atoms with Gasteiger partial charge in [0.2, 0.25) is 5.75 Å². The van der Waals surface area contributed by atoms with Crippen molar-refractivity contribution in [3.05, 3.63) is 62.7 Å². The SMILES string of the molecule is Cc1cc(CN)ccc1Oc1c(Cl)cccc1[N+](=O)[O-]. The first-order valence-corrected chi connectivity index (χ1v) is 6.31. The zero-order valence-corrected chi connectivity index (χ0v) is 11.6. The summed E-state index contributed by atoms with van der Waals surface area (Å²) in [5.74, 6) is 0.557. The molecule has 0 fully saturated rings. The number of para-hydroxylation sites is 1. The molecule has 6 heteroatoms. The van der Waals surface area contributed by atoms with E-state index in [-0.39, 0.29) is 16.5 Å². The molecule has 0 saturated heterocycles. The minimum atomic E-state index is -0.523. The Morgan fingerprint density at radius 3 is 2.70 bits per heavy atom. The first kappa shape index (κ1) is 14.3. The molecule has 5 nitrogen and oxygen atoms in total. The van der Waals surface area contributed by atoms with E-state index in [9.17, 15) is 10.1 Å². The second-order valence-electron chi connectivity index (χ2n) is 4.25. The van der Waals surface area contributed by atoms with Crippen molar-refractivity contribution in [1.29, 1.82) is 0 Å². The zero-order chi connectivity index (χ0) is 14.7. The Morgan fingerprint density at radius 1 is 1.35 bits per heavy atom. The van der Waals surface area contributed by atoms with Gasteiger partial charge in [-0.05, 0) is 30.2 Å². The summed E-state index contributed by atoms with van der Waals surface area (Å²) in [5, 5.41) is 11.2. The first-order chi connectivity index (χ1) is 9.52. The molecule has 0 atom stereocenters. The monoisotopic (exact) mass is 292 g/mol. The van der Waals surface area contributed by atoms with Gasteiger partial charge in [-0.2, -0.15) is 0 Å². The van der Waals surface area contributed by atoms with E-state index in [0.717, 1.165) is 11.1 Å². The summed E-state index contributed by atoms with van der Waals surface area (Å²) < 4.78 is 5.62. The van der Waals surface area contributed by atoms with Gasteiger partial charge in [-0.25, -0.2) is 0 Å². The number of benzene rings is 2. The van der Waals surface area contributed by atoms with Crippen LogP contribution < -0.4 is 10.5 Å². The van der Waals surface area contributed by atoms with E-state index in [4.69, 9.17) is 22.1 Å². The number of hydrogen-bond donors (Lipinski definition) is 1. The molecule has 2 rings (SSSR count). The van der Waals surface area contributed by atoms with Gasteiger partial charge >= 0.3 is 5.69 Å². The molecule has 0 bridgehead atoms. The summed E-state index contributed by atoms with van der Waals surface area (Å²) in [6.45, 7) is 2.27. The van der Waals surface area contributed by atoms with Crippen molar-refractivity contribution >= 4 is 17.3 Å². The number of rotatable bonds is 4. The molecule has 0 amide bonds. The van der Waals surface area contributed by atoms with Gasteiger partial charge < -0.3 is 10.5 Å². The number of nitrogens with two attached hydrogens (primary N) is 1. The lowest BCUT2D eigenvalue weighted by Crippen LogP contribution is -1.98. The second kappa shape index (κ2) is 5.90. The van der Waals surface area contributed by atoms with Crippen molar-refractivity contribution in [2.75, 3.05) is 0 Å². The van der Waals surface area contributed by atoms with Gasteiger partial charge in [0.05, 0.1) is 9.95 Å². The largest absolute Gasteiger partial charge is 0.448 e. The minimum Gasteiger partial charge on any atom is -0.448 e. The number of nitro benzene ring substituents is 1. The molecule has 0 aliphatic carbocycles. The van der Waals surface area contributed by atoms with Crippen LogP contribution in [0.3, 0.4) is 0 Å². The molecule has 104 valence electrons. The Morgan fingerprint density at radius 2 is 2.10 bits per heavy atom. The van der Waals surface area contributed by atoms with E-state index in [1.54, 1.807) is 12.1 Å². The Labute approximate surface area is 121 Å². The third-order valence-corrected chi connectivity index (χ3v) is 3.13. The van der Waals surface area contributed by atoms with Crippen LogP contribution in [-0.2, 0) is 6.54 Å². The van der Waals surface area contributed by atoms with Crippen molar-refractivity contribution in [3.63, 3.8) is 0 Å². The number of halogens is 1. The fourth-order valence-electron chi connectivity index (χ4n) is 1.81. The van der Waals surface area contributed by atoms with E-state index in [0.29, 0.717) is 12.3 Å². The molecule has 2 aromatic rings. The smallest absolute Gasteiger partial charge is 0.313 e. The fourth-order valence-corrected chi connectivity index (χ4v) is 2.01. The van der Waals surface area contributed by atoms with Crippen LogP contribution in [0.5, 0.6) is 11.5 Å². The van der Waals surface area contributed by atoms with Gasteiger partial charge in [-0.1, -0.05) is 29.8 Å². The Kier molecular flexibility index (Phi) is 4.22. The van der Waals surface area contributed by atoms with Crippen molar-refractivity contribution in [1.82, 2.24) is 0 Å². The molecule has 0 spiro atoms. The van der Waals surface area contributed by atoms with Gasteiger partial charge in [-0.3, -0.25) is 10.1 Å². The van der Waals surface area contributed by atoms with Gasteiger partial charge in [0.15, 0.2) is 0 Å². The number of aryl methyl sites for hydroxylation is 1. The summed E-state index contributed by atoms with van der Waals surface area (Å²) in [7, 11) is 0. The van der Waals surface area contributed by atoms with Crippen LogP contribution in [0.15, 0.2) is 36.4 Å². The Bertz CT molecular complexity index is 659. The lowest BCUT2D eigenvalue weighted by atomic mass is 10.1. The normalized spacial score (nSPS) is 10.3. The fraction of sp³-hybridized carbons (Fsp3) is 0.143. The lowest BCUT2D eigenvalue weighted by Gasteiger charge is -2.11. The van der Waals surface area contributed by atoms with Crippen molar-refractivity contribution in [2.45, 2.75) is 13.5 Å². The Hall–Kier alpha value is -2.11. The highest BCUT2D eigenvalue weighted by molar-refractivity contribution is 6.32. The van der Waals surface area contributed by atoms with Crippen molar-refractivity contribution in [2.24, 2.45) is 5.73 Å². The van der Waals surface area contributed by atoms with Crippen molar-refractivity contribution < 1.29 is 9.66 Å². The zero-order valence-electron chi connectivity index (χ0n) is 10.8. The van der Waals surface area contributed by atoms with Gasteiger partial charge in [0.1, 0.15) is 5.75 Å². The van der Waals surface area contributed by atoms with E-state index >= 15 is 0 Å². The number of nitro groups is 1. The molecular weight excluding hydrogens is 280 g/mol. The molecule has 2 aromatic carbocycles. The van der Waals surface area contributed by atoms with Crippen molar-refractivity contribution in [3.8, 4) is 11.5 Å². The first-order valence-electron chi connectivity index (χ1n) is 5.93. The molecular formula is C14H13ClN2O3. The lowest BCUT2D eigenvalue weighted by molar-refractivity contribution is -0.385. The highest BCUT2D eigenvalue weighted by atomic mass is 35.5. The second-order valence-corrected chi connectivity index (χ2v) is 4.66. The molecule has 0 aliphatic rings. The third kappa shape index (κ3) is 2.89. The summed E-state index contributed by atoms with van der Waals surface area (Å²) in [6.07, 6.45) is 0. The van der Waals surface area contributed by atoms with Crippen LogP contribution in [0.4, 0.5) is 5.69 Å². The topological polar surface area (TPSA) is 78.4 Å². The predicted octanol–water partition coefficient (Wildman–Crippen LogP) is 3.81. The maximum Gasteiger partial charge on any atom is 0.313 e. The van der Waals surface area contributed by atoms with Crippen LogP contribution >= 0.6 is 11.6 Å². The van der Waals surface area contributed by atoms with Gasteiger partial charge in [-0.15, -0.1) is 0 Å². The minimum absolute atomic E-state index is 0.0442. The average Bonchev–Trinajstić information content (AvgIpc) is 2.42. The van der Waals surface area contributed by atoms with Crippen LogP contribution in [0.2, 0.25) is 5.02 Å². The summed E-state index contributed by atoms with van der Waals surface area (Å²) in [5.41, 5.74) is 7.19.